The molecular formula is C17H23NO3. The first kappa shape index (κ1) is 15.5. The first-order valence-electron chi connectivity index (χ1n) is 7.68. The lowest BCUT2D eigenvalue weighted by Gasteiger charge is -2.30. The van der Waals surface area contributed by atoms with Crippen LogP contribution in [0.3, 0.4) is 0 Å². The fourth-order valence-electron chi connectivity index (χ4n) is 3.18. The molecular weight excluding hydrogens is 266 g/mol. The summed E-state index contributed by atoms with van der Waals surface area (Å²) >= 11 is 0. The first-order valence-corrected chi connectivity index (χ1v) is 7.68. The van der Waals surface area contributed by atoms with Crippen LogP contribution in [0.1, 0.15) is 51.0 Å². The molecule has 21 heavy (non-hydrogen) atoms. The number of amides is 1. The Morgan fingerprint density at radius 3 is 2.38 bits per heavy atom. The Morgan fingerprint density at radius 1 is 1.24 bits per heavy atom. The van der Waals surface area contributed by atoms with Gasteiger partial charge in [-0.1, -0.05) is 50.1 Å². The third-order valence-electron chi connectivity index (χ3n) is 4.46. The van der Waals surface area contributed by atoms with Crippen LogP contribution in [0.15, 0.2) is 30.3 Å². The van der Waals surface area contributed by atoms with Crippen LogP contribution in [0, 0.1) is 5.92 Å². The van der Waals surface area contributed by atoms with E-state index in [0.717, 1.165) is 12.8 Å². The number of aliphatic carboxylic acids is 1. The summed E-state index contributed by atoms with van der Waals surface area (Å²) in [5, 5.41) is 12.5. The van der Waals surface area contributed by atoms with Crippen LogP contribution in [0.2, 0.25) is 0 Å². The third-order valence-corrected chi connectivity index (χ3v) is 4.46. The molecule has 1 aromatic rings. The predicted octanol–water partition coefficient (Wildman–Crippen LogP) is 3.07. The van der Waals surface area contributed by atoms with Gasteiger partial charge < -0.3 is 10.4 Å². The average Bonchev–Trinajstić information content (AvgIpc) is 2.98. The monoisotopic (exact) mass is 289 g/mol. The molecule has 1 fully saturated rings. The molecule has 2 rings (SSSR count). The van der Waals surface area contributed by atoms with Crippen LogP contribution in [-0.4, -0.2) is 17.0 Å². The van der Waals surface area contributed by atoms with E-state index < -0.39 is 11.5 Å². The van der Waals surface area contributed by atoms with E-state index in [-0.39, 0.29) is 5.91 Å². The molecule has 0 saturated heterocycles. The van der Waals surface area contributed by atoms with Crippen molar-refractivity contribution in [1.82, 2.24) is 5.32 Å². The number of hydrogen-bond donors (Lipinski definition) is 2. The molecule has 4 heteroatoms. The number of carbonyl (C=O) groups is 2. The number of nitrogens with one attached hydrogen (secondary N) is 1. The minimum atomic E-state index is -1.32. The van der Waals surface area contributed by atoms with Crippen LogP contribution < -0.4 is 5.32 Å². The van der Waals surface area contributed by atoms with E-state index in [0.29, 0.717) is 24.3 Å². The maximum Gasteiger partial charge on any atom is 0.334 e. The summed E-state index contributed by atoms with van der Waals surface area (Å²) in [6, 6.07) is 8.95. The van der Waals surface area contributed by atoms with Gasteiger partial charge in [0.1, 0.15) is 0 Å². The largest absolute Gasteiger partial charge is 0.479 e. The number of carboxylic acid groups (broad SMARTS) is 1. The van der Waals surface area contributed by atoms with Crippen molar-refractivity contribution >= 4 is 11.9 Å². The minimum Gasteiger partial charge on any atom is -0.479 e. The smallest absolute Gasteiger partial charge is 0.334 e. The highest BCUT2D eigenvalue weighted by atomic mass is 16.4. The Hall–Kier alpha value is -1.84. The SMILES string of the molecule is CCC(NC(=O)CC1CCCC1)(C(=O)O)c1ccccc1. The molecule has 1 atom stereocenters. The molecule has 2 N–H and O–H groups in total. The maximum absolute atomic E-state index is 12.3. The summed E-state index contributed by atoms with van der Waals surface area (Å²) in [5.74, 6) is -0.755. The highest BCUT2D eigenvalue weighted by Crippen LogP contribution is 2.29. The van der Waals surface area contributed by atoms with E-state index in [9.17, 15) is 14.7 Å². The van der Waals surface area contributed by atoms with Crippen molar-refractivity contribution in [2.75, 3.05) is 0 Å². The second-order valence-electron chi connectivity index (χ2n) is 5.83. The molecule has 1 saturated carbocycles. The molecule has 1 aromatic carbocycles. The molecule has 1 aliphatic carbocycles. The van der Waals surface area contributed by atoms with E-state index in [2.05, 4.69) is 5.32 Å². The zero-order valence-electron chi connectivity index (χ0n) is 12.5. The standard InChI is InChI=1S/C17H23NO3/c1-2-17(16(20)21,14-10-4-3-5-11-14)18-15(19)12-13-8-6-7-9-13/h3-5,10-11,13H,2,6-9,12H2,1H3,(H,18,19)(H,20,21). The second kappa shape index (κ2) is 6.74. The molecule has 0 aromatic heterocycles. The Bertz CT molecular complexity index is 494. The van der Waals surface area contributed by atoms with Crippen molar-refractivity contribution in [3.8, 4) is 0 Å². The molecule has 1 unspecified atom stereocenters. The summed E-state index contributed by atoms with van der Waals surface area (Å²) in [6.45, 7) is 1.79. The summed E-state index contributed by atoms with van der Waals surface area (Å²) in [5.41, 5.74) is -0.698. The quantitative estimate of drug-likeness (QED) is 0.845. The van der Waals surface area contributed by atoms with Gasteiger partial charge in [-0.3, -0.25) is 4.79 Å². The van der Waals surface area contributed by atoms with E-state index in [1.54, 1.807) is 31.2 Å². The van der Waals surface area contributed by atoms with Crippen molar-refractivity contribution < 1.29 is 14.7 Å². The third kappa shape index (κ3) is 3.43. The van der Waals surface area contributed by atoms with Crippen LogP contribution >= 0.6 is 0 Å². The molecule has 0 aliphatic heterocycles. The normalized spacial score (nSPS) is 18.1. The van der Waals surface area contributed by atoms with Gasteiger partial charge in [-0.05, 0) is 30.7 Å². The van der Waals surface area contributed by atoms with E-state index in [1.807, 2.05) is 6.07 Å². The van der Waals surface area contributed by atoms with E-state index in [1.165, 1.54) is 12.8 Å². The van der Waals surface area contributed by atoms with Crippen LogP contribution in [-0.2, 0) is 15.1 Å². The molecule has 0 bridgehead atoms. The van der Waals surface area contributed by atoms with Crippen molar-refractivity contribution in [3.63, 3.8) is 0 Å². The number of hydrogen-bond acceptors (Lipinski definition) is 2. The predicted molar refractivity (Wildman–Crippen MR) is 80.8 cm³/mol. The molecule has 4 nitrogen and oxygen atoms in total. The van der Waals surface area contributed by atoms with Gasteiger partial charge in [0.25, 0.3) is 0 Å². The molecule has 114 valence electrons. The molecule has 0 spiro atoms. The average molecular weight is 289 g/mol. The number of carboxylic acids is 1. The number of carbonyl (C=O) groups excluding carboxylic acids is 1. The molecule has 0 heterocycles. The fraction of sp³-hybridized carbons (Fsp3) is 0.529. The zero-order chi connectivity index (χ0) is 15.3. The number of rotatable bonds is 6. The van der Waals surface area contributed by atoms with Gasteiger partial charge in [0, 0.05) is 6.42 Å². The Morgan fingerprint density at radius 2 is 1.86 bits per heavy atom. The Kier molecular flexibility index (Phi) is 4.99. The van der Waals surface area contributed by atoms with Gasteiger partial charge in [0.05, 0.1) is 0 Å². The van der Waals surface area contributed by atoms with Crippen molar-refractivity contribution in [3.05, 3.63) is 35.9 Å². The van der Waals surface area contributed by atoms with Crippen molar-refractivity contribution in [2.24, 2.45) is 5.92 Å². The Labute approximate surface area is 125 Å². The van der Waals surface area contributed by atoms with Crippen LogP contribution in [0.25, 0.3) is 0 Å². The van der Waals surface area contributed by atoms with Gasteiger partial charge in [0.15, 0.2) is 5.54 Å². The zero-order valence-corrected chi connectivity index (χ0v) is 12.5. The van der Waals surface area contributed by atoms with Gasteiger partial charge >= 0.3 is 5.97 Å². The highest BCUT2D eigenvalue weighted by molar-refractivity contribution is 5.88. The van der Waals surface area contributed by atoms with Crippen LogP contribution in [0.4, 0.5) is 0 Å². The van der Waals surface area contributed by atoms with Gasteiger partial charge in [-0.25, -0.2) is 4.79 Å². The van der Waals surface area contributed by atoms with Gasteiger partial charge in [0.2, 0.25) is 5.91 Å². The lowest BCUT2D eigenvalue weighted by Crippen LogP contribution is -2.51. The summed E-state index contributed by atoms with van der Waals surface area (Å²) < 4.78 is 0. The molecule has 0 radical (unpaired) electrons. The van der Waals surface area contributed by atoms with E-state index in [4.69, 9.17) is 0 Å². The molecule has 1 amide bonds. The van der Waals surface area contributed by atoms with Gasteiger partial charge in [-0.2, -0.15) is 0 Å². The van der Waals surface area contributed by atoms with Crippen LogP contribution in [0.5, 0.6) is 0 Å². The fourth-order valence-corrected chi connectivity index (χ4v) is 3.18. The van der Waals surface area contributed by atoms with E-state index >= 15 is 0 Å². The topological polar surface area (TPSA) is 66.4 Å². The highest BCUT2D eigenvalue weighted by Gasteiger charge is 2.40. The second-order valence-corrected chi connectivity index (χ2v) is 5.83. The van der Waals surface area contributed by atoms with Crippen molar-refractivity contribution in [1.29, 1.82) is 0 Å². The number of benzene rings is 1. The lowest BCUT2D eigenvalue weighted by atomic mass is 9.86. The summed E-state index contributed by atoms with van der Waals surface area (Å²) in [4.78, 5) is 24.1. The lowest BCUT2D eigenvalue weighted by molar-refractivity contribution is -0.148. The van der Waals surface area contributed by atoms with Gasteiger partial charge in [-0.15, -0.1) is 0 Å². The first-order chi connectivity index (χ1) is 10.1. The Balaban J connectivity index is 2.16. The minimum absolute atomic E-state index is 0.157. The molecule has 1 aliphatic rings. The summed E-state index contributed by atoms with van der Waals surface area (Å²) in [7, 11) is 0. The maximum atomic E-state index is 12.3. The summed E-state index contributed by atoms with van der Waals surface area (Å²) in [6.07, 6.45) is 5.25. The van der Waals surface area contributed by atoms with Crippen molar-refractivity contribution in [2.45, 2.75) is 51.0 Å².